The lowest BCUT2D eigenvalue weighted by atomic mass is 9.99. The Labute approximate surface area is 410 Å². The Morgan fingerprint density at radius 1 is 0.522 bits per heavy atom. The Balaban J connectivity index is 2.27. The highest BCUT2D eigenvalue weighted by Crippen LogP contribution is 2.23. The zero-order valence-corrected chi connectivity index (χ0v) is 42.9. The van der Waals surface area contributed by atoms with Crippen molar-refractivity contribution >= 4 is 5.91 Å². The molecule has 7 unspecified atom stereocenters. The van der Waals surface area contributed by atoms with Gasteiger partial charge in [0.15, 0.2) is 6.29 Å². The number of hydrogen-bond acceptors (Lipinski definition) is 8. The van der Waals surface area contributed by atoms with E-state index in [0.717, 1.165) is 64.2 Å². The van der Waals surface area contributed by atoms with Crippen LogP contribution in [0.5, 0.6) is 0 Å². The molecule has 1 saturated heterocycles. The number of hydrogen-bond donors (Lipinski definition) is 6. The van der Waals surface area contributed by atoms with Gasteiger partial charge < -0.3 is 40.3 Å². The number of nitrogens with one attached hydrogen (secondary N) is 1. The second kappa shape index (κ2) is 47.3. The van der Waals surface area contributed by atoms with Gasteiger partial charge in [-0.3, -0.25) is 4.79 Å². The number of ether oxygens (including phenoxy) is 2. The number of amides is 1. The molecule has 388 valence electrons. The molecule has 0 aromatic rings. The molecule has 1 aliphatic rings. The highest BCUT2D eigenvalue weighted by molar-refractivity contribution is 5.76. The summed E-state index contributed by atoms with van der Waals surface area (Å²) >= 11 is 0. The van der Waals surface area contributed by atoms with Gasteiger partial charge in [0.1, 0.15) is 24.4 Å². The molecule has 0 aromatic heterocycles. The quantitative estimate of drug-likeness (QED) is 0.0261. The predicted octanol–water partition coefficient (Wildman–Crippen LogP) is 13.3. The summed E-state index contributed by atoms with van der Waals surface area (Å²) < 4.78 is 11.2. The molecule has 0 aliphatic carbocycles. The van der Waals surface area contributed by atoms with Crippen molar-refractivity contribution in [1.82, 2.24) is 5.32 Å². The van der Waals surface area contributed by atoms with E-state index in [1.54, 1.807) is 6.08 Å². The van der Waals surface area contributed by atoms with E-state index in [-0.39, 0.29) is 12.5 Å². The summed E-state index contributed by atoms with van der Waals surface area (Å²) in [6.45, 7) is 3.66. The fraction of sp³-hybridized carbons (Fsp3) is 0.776. The van der Waals surface area contributed by atoms with E-state index in [1.165, 1.54) is 148 Å². The maximum atomic E-state index is 13.0. The summed E-state index contributed by atoms with van der Waals surface area (Å²) in [5.74, 6) is -0.190. The molecule has 0 saturated carbocycles. The van der Waals surface area contributed by atoms with Crippen molar-refractivity contribution in [3.63, 3.8) is 0 Å². The van der Waals surface area contributed by atoms with Crippen LogP contribution in [0.15, 0.2) is 72.9 Å². The van der Waals surface area contributed by atoms with Crippen molar-refractivity contribution in [1.29, 1.82) is 0 Å². The topological polar surface area (TPSA) is 149 Å². The fourth-order valence-corrected chi connectivity index (χ4v) is 8.40. The molecule has 7 atom stereocenters. The summed E-state index contributed by atoms with van der Waals surface area (Å²) in [5, 5.41) is 54.4. The van der Waals surface area contributed by atoms with Gasteiger partial charge >= 0.3 is 0 Å². The number of aliphatic hydroxyl groups is 5. The second-order valence-electron chi connectivity index (χ2n) is 19.0. The summed E-state index contributed by atoms with van der Waals surface area (Å²) in [7, 11) is 0. The lowest BCUT2D eigenvalue weighted by molar-refractivity contribution is -0.302. The average Bonchev–Trinajstić information content (AvgIpc) is 3.33. The molecule has 67 heavy (non-hydrogen) atoms. The normalized spacial score (nSPS) is 20.3. The first kappa shape index (κ1) is 62.6. The first-order valence-electron chi connectivity index (χ1n) is 27.7. The van der Waals surface area contributed by atoms with Gasteiger partial charge in [0.05, 0.1) is 25.4 Å². The molecule has 0 spiro atoms. The Morgan fingerprint density at radius 3 is 1.43 bits per heavy atom. The third kappa shape index (κ3) is 37.2. The van der Waals surface area contributed by atoms with Crippen LogP contribution in [0.25, 0.3) is 0 Å². The van der Waals surface area contributed by atoms with Gasteiger partial charge in [0.2, 0.25) is 5.91 Å². The molecule has 0 aromatic carbocycles. The SMILES string of the molecule is CC/C=C\C/C=C\C/C=C\C/C=C\CCCCCCCCCCCCCCC(=O)NC(COC1OC(CO)C(O)C(O)C1O)C(O)/C=C/CC/C=C/CCCCCCCCCCCCCCC. The van der Waals surface area contributed by atoms with Crippen LogP contribution in [0.3, 0.4) is 0 Å². The standard InChI is InChI=1S/C58H103NO8/c1-3-5-7-9-11-13-15-17-19-21-23-24-25-26-27-28-30-32-34-36-38-40-42-44-46-48-54(62)59-51(50-66-58-57(65)56(64)55(63)53(49-60)67-58)52(61)47-45-43-41-39-37-35-33-31-29-22-20-18-16-14-12-10-8-6-4-2/h5,7,11,13,17,19,23-24,37,39,45,47,51-53,55-58,60-61,63-65H,3-4,6,8-10,12,14-16,18,20-22,25-36,38,40-44,46,48-50H2,1-2H3,(H,59,62)/b7-5-,13-11-,19-17-,24-23-,39-37+,47-45+. The van der Waals surface area contributed by atoms with Crippen molar-refractivity contribution in [3.05, 3.63) is 72.9 Å². The van der Waals surface area contributed by atoms with Gasteiger partial charge in [-0.05, 0) is 70.6 Å². The Bertz CT molecular complexity index is 1280. The van der Waals surface area contributed by atoms with Crippen molar-refractivity contribution in [2.75, 3.05) is 13.2 Å². The first-order valence-corrected chi connectivity index (χ1v) is 27.7. The number of rotatable bonds is 46. The zero-order chi connectivity index (χ0) is 48.7. The molecule has 1 amide bonds. The molecule has 1 aliphatic heterocycles. The highest BCUT2D eigenvalue weighted by atomic mass is 16.7. The minimum absolute atomic E-state index is 0.190. The predicted molar refractivity (Wildman–Crippen MR) is 281 cm³/mol. The van der Waals surface area contributed by atoms with Crippen LogP contribution >= 0.6 is 0 Å². The van der Waals surface area contributed by atoms with E-state index in [0.29, 0.717) is 6.42 Å². The van der Waals surface area contributed by atoms with Crippen molar-refractivity contribution < 1.29 is 39.8 Å². The number of carbonyl (C=O) groups excluding carboxylic acids is 1. The van der Waals surface area contributed by atoms with E-state index in [9.17, 15) is 30.3 Å². The molecular weight excluding hydrogens is 839 g/mol. The lowest BCUT2D eigenvalue weighted by Gasteiger charge is -2.40. The molecule has 1 rings (SSSR count). The molecular formula is C58H103NO8. The largest absolute Gasteiger partial charge is 0.394 e. The van der Waals surface area contributed by atoms with E-state index >= 15 is 0 Å². The Kier molecular flexibility index (Phi) is 44.2. The van der Waals surface area contributed by atoms with Crippen LogP contribution in [0.4, 0.5) is 0 Å². The van der Waals surface area contributed by atoms with Crippen LogP contribution < -0.4 is 5.32 Å². The molecule has 9 heteroatoms. The van der Waals surface area contributed by atoms with E-state index in [2.05, 4.69) is 79.9 Å². The summed E-state index contributed by atoms with van der Waals surface area (Å²) in [6, 6.07) is -0.826. The van der Waals surface area contributed by atoms with E-state index in [1.807, 2.05) is 6.08 Å². The van der Waals surface area contributed by atoms with Crippen molar-refractivity contribution in [3.8, 4) is 0 Å². The summed E-state index contributed by atoms with van der Waals surface area (Å²) in [4.78, 5) is 13.0. The zero-order valence-electron chi connectivity index (χ0n) is 42.9. The van der Waals surface area contributed by atoms with Crippen LogP contribution in [0, 0.1) is 0 Å². The highest BCUT2D eigenvalue weighted by Gasteiger charge is 2.44. The van der Waals surface area contributed by atoms with Gasteiger partial charge in [0.25, 0.3) is 0 Å². The molecule has 1 heterocycles. The third-order valence-corrected chi connectivity index (χ3v) is 12.8. The van der Waals surface area contributed by atoms with Gasteiger partial charge in [-0.15, -0.1) is 0 Å². The number of aliphatic hydroxyl groups excluding tert-OH is 5. The number of allylic oxidation sites excluding steroid dienone is 11. The lowest BCUT2D eigenvalue weighted by Crippen LogP contribution is -2.60. The van der Waals surface area contributed by atoms with Crippen LogP contribution in [0.1, 0.15) is 232 Å². The first-order chi connectivity index (χ1) is 32.8. The van der Waals surface area contributed by atoms with E-state index < -0.39 is 49.5 Å². The van der Waals surface area contributed by atoms with Gasteiger partial charge in [-0.2, -0.15) is 0 Å². The molecule has 6 N–H and O–H groups in total. The fourth-order valence-electron chi connectivity index (χ4n) is 8.40. The third-order valence-electron chi connectivity index (χ3n) is 12.8. The molecule has 1 fully saturated rings. The number of unbranched alkanes of at least 4 members (excludes halogenated alkanes) is 26. The minimum Gasteiger partial charge on any atom is -0.394 e. The van der Waals surface area contributed by atoms with Crippen LogP contribution in [0.2, 0.25) is 0 Å². The number of carbonyl (C=O) groups is 1. The molecule has 0 radical (unpaired) electrons. The van der Waals surface area contributed by atoms with Crippen LogP contribution in [-0.4, -0.2) is 87.5 Å². The minimum atomic E-state index is -1.57. The van der Waals surface area contributed by atoms with Gasteiger partial charge in [-0.25, -0.2) is 0 Å². The van der Waals surface area contributed by atoms with Gasteiger partial charge in [-0.1, -0.05) is 228 Å². The monoisotopic (exact) mass is 942 g/mol. The molecule has 0 bridgehead atoms. The smallest absolute Gasteiger partial charge is 0.220 e. The van der Waals surface area contributed by atoms with Gasteiger partial charge in [0, 0.05) is 6.42 Å². The average molecular weight is 942 g/mol. The van der Waals surface area contributed by atoms with Crippen molar-refractivity contribution in [2.24, 2.45) is 0 Å². The maximum Gasteiger partial charge on any atom is 0.220 e. The maximum absolute atomic E-state index is 13.0. The second-order valence-corrected chi connectivity index (χ2v) is 19.0. The molecule has 9 nitrogen and oxygen atoms in total. The van der Waals surface area contributed by atoms with Crippen molar-refractivity contribution in [2.45, 2.75) is 275 Å². The van der Waals surface area contributed by atoms with E-state index in [4.69, 9.17) is 9.47 Å². The summed E-state index contributed by atoms with van der Waals surface area (Å²) in [6.07, 6.45) is 58.1. The Hall–Kier alpha value is -2.37. The van der Waals surface area contributed by atoms with Crippen LogP contribution in [-0.2, 0) is 14.3 Å². The summed E-state index contributed by atoms with van der Waals surface area (Å²) in [5.41, 5.74) is 0. The Morgan fingerprint density at radius 2 is 0.940 bits per heavy atom.